The second-order valence-corrected chi connectivity index (χ2v) is 6.85. The normalized spacial score (nSPS) is 15.4. The highest BCUT2D eigenvalue weighted by Crippen LogP contribution is 2.23. The Labute approximate surface area is 151 Å². The molecule has 5 nitrogen and oxygen atoms in total. The monoisotopic (exact) mass is 351 g/mol. The molecule has 0 aliphatic rings. The molecule has 1 aromatic rings. The molecule has 3 atom stereocenters. The summed E-state index contributed by atoms with van der Waals surface area (Å²) in [4.78, 5) is 12.7. The van der Waals surface area contributed by atoms with E-state index in [0.29, 0.717) is 25.7 Å². The lowest BCUT2D eigenvalue weighted by atomic mass is 9.91. The molecule has 0 spiro atoms. The summed E-state index contributed by atoms with van der Waals surface area (Å²) in [6.07, 6.45) is 2.02. The van der Waals surface area contributed by atoms with Crippen LogP contribution in [0, 0.1) is 5.92 Å². The summed E-state index contributed by atoms with van der Waals surface area (Å²) in [7, 11) is 0. The molecule has 0 saturated carbocycles. The van der Waals surface area contributed by atoms with Crippen LogP contribution in [0.1, 0.15) is 70.9 Å². The quantitative estimate of drug-likeness (QED) is 0.462. The fourth-order valence-electron chi connectivity index (χ4n) is 2.74. The van der Waals surface area contributed by atoms with E-state index < -0.39 is 11.9 Å². The highest BCUT2D eigenvalue weighted by atomic mass is 16.5. The zero-order valence-corrected chi connectivity index (χ0v) is 15.6. The maximum absolute atomic E-state index is 12.7. The smallest absolute Gasteiger partial charge is 0.223 e. The Morgan fingerprint density at radius 1 is 1.12 bits per heavy atom. The zero-order valence-electron chi connectivity index (χ0n) is 15.6. The largest absolute Gasteiger partial charge is 0.393 e. The molecule has 0 fully saturated rings. The van der Waals surface area contributed by atoms with Crippen molar-refractivity contribution in [1.29, 1.82) is 0 Å². The molecule has 1 amide bonds. The van der Waals surface area contributed by atoms with Crippen molar-refractivity contribution in [3.8, 4) is 0 Å². The number of amides is 1. The molecule has 3 unspecified atom stereocenters. The SMILES string of the molecule is CCC(O)CCC(CCC(O)(O)CC)C(=O)NC(C)c1ccccc1. The van der Waals surface area contributed by atoms with Crippen LogP contribution in [0.25, 0.3) is 0 Å². The van der Waals surface area contributed by atoms with Crippen LogP contribution < -0.4 is 5.32 Å². The summed E-state index contributed by atoms with van der Waals surface area (Å²) >= 11 is 0. The summed E-state index contributed by atoms with van der Waals surface area (Å²) < 4.78 is 0. The molecule has 0 bridgehead atoms. The average molecular weight is 351 g/mol. The highest BCUT2D eigenvalue weighted by Gasteiger charge is 2.26. The lowest BCUT2D eigenvalue weighted by Crippen LogP contribution is -2.35. The van der Waals surface area contributed by atoms with Crippen LogP contribution in [0.3, 0.4) is 0 Å². The average Bonchev–Trinajstić information content (AvgIpc) is 2.61. The molecule has 0 aliphatic heterocycles. The predicted octanol–water partition coefficient (Wildman–Crippen LogP) is 2.90. The second kappa shape index (κ2) is 10.5. The molecule has 0 aromatic heterocycles. The molecule has 25 heavy (non-hydrogen) atoms. The topological polar surface area (TPSA) is 89.8 Å². The van der Waals surface area contributed by atoms with Gasteiger partial charge >= 0.3 is 0 Å². The van der Waals surface area contributed by atoms with E-state index in [2.05, 4.69) is 5.32 Å². The summed E-state index contributed by atoms with van der Waals surface area (Å²) in [5, 5.41) is 32.4. The van der Waals surface area contributed by atoms with Crippen molar-refractivity contribution in [2.75, 3.05) is 0 Å². The van der Waals surface area contributed by atoms with Crippen molar-refractivity contribution in [1.82, 2.24) is 5.32 Å². The van der Waals surface area contributed by atoms with Gasteiger partial charge in [-0.3, -0.25) is 4.79 Å². The molecule has 1 aromatic carbocycles. The van der Waals surface area contributed by atoms with Crippen LogP contribution in [-0.2, 0) is 4.79 Å². The van der Waals surface area contributed by atoms with Crippen LogP contribution in [-0.4, -0.2) is 33.1 Å². The number of carbonyl (C=O) groups is 1. The molecule has 0 heterocycles. The van der Waals surface area contributed by atoms with Gasteiger partial charge in [0.1, 0.15) is 0 Å². The number of benzene rings is 1. The Morgan fingerprint density at radius 2 is 1.76 bits per heavy atom. The molecule has 1 rings (SSSR count). The van der Waals surface area contributed by atoms with E-state index in [0.717, 1.165) is 5.56 Å². The minimum absolute atomic E-state index is 0.105. The van der Waals surface area contributed by atoms with Gasteiger partial charge in [0.2, 0.25) is 5.91 Å². The van der Waals surface area contributed by atoms with Crippen LogP contribution in [0.5, 0.6) is 0 Å². The van der Waals surface area contributed by atoms with Crippen molar-refractivity contribution in [2.24, 2.45) is 5.92 Å². The molecular formula is C20H33NO4. The van der Waals surface area contributed by atoms with Crippen molar-refractivity contribution >= 4 is 5.91 Å². The first-order valence-electron chi connectivity index (χ1n) is 9.27. The van der Waals surface area contributed by atoms with Crippen molar-refractivity contribution < 1.29 is 20.1 Å². The van der Waals surface area contributed by atoms with Gasteiger partial charge in [-0.15, -0.1) is 0 Å². The number of nitrogens with one attached hydrogen (secondary N) is 1. The summed E-state index contributed by atoms with van der Waals surface area (Å²) in [5.74, 6) is -2.20. The van der Waals surface area contributed by atoms with Gasteiger partial charge in [-0.2, -0.15) is 0 Å². The Kier molecular flexibility index (Phi) is 9.11. The second-order valence-electron chi connectivity index (χ2n) is 6.85. The van der Waals surface area contributed by atoms with Gasteiger partial charge in [0.25, 0.3) is 0 Å². The van der Waals surface area contributed by atoms with Crippen LogP contribution in [0.15, 0.2) is 30.3 Å². The van der Waals surface area contributed by atoms with Gasteiger partial charge in [-0.05, 0) is 44.6 Å². The number of aliphatic hydroxyl groups is 3. The fraction of sp³-hybridized carbons (Fsp3) is 0.650. The summed E-state index contributed by atoms with van der Waals surface area (Å²) in [6.45, 7) is 5.54. The third-order valence-corrected chi connectivity index (χ3v) is 4.81. The molecule has 0 aliphatic carbocycles. The highest BCUT2D eigenvalue weighted by molar-refractivity contribution is 5.79. The molecule has 5 heteroatoms. The number of hydrogen-bond donors (Lipinski definition) is 4. The number of aliphatic hydroxyl groups excluding tert-OH is 1. The zero-order chi connectivity index (χ0) is 18.9. The van der Waals surface area contributed by atoms with E-state index >= 15 is 0 Å². The van der Waals surface area contributed by atoms with E-state index in [1.807, 2.05) is 44.2 Å². The fourth-order valence-corrected chi connectivity index (χ4v) is 2.74. The van der Waals surface area contributed by atoms with Crippen LogP contribution >= 0.6 is 0 Å². The maximum atomic E-state index is 12.7. The van der Waals surface area contributed by atoms with Gasteiger partial charge in [0.05, 0.1) is 12.1 Å². The lowest BCUT2D eigenvalue weighted by Gasteiger charge is -2.25. The number of rotatable bonds is 11. The number of hydrogen-bond acceptors (Lipinski definition) is 4. The van der Waals surface area contributed by atoms with Gasteiger partial charge < -0.3 is 20.6 Å². The van der Waals surface area contributed by atoms with Gasteiger partial charge in [-0.25, -0.2) is 0 Å². The lowest BCUT2D eigenvalue weighted by molar-refractivity contribution is -0.170. The first-order valence-corrected chi connectivity index (χ1v) is 9.27. The van der Waals surface area contributed by atoms with Gasteiger partial charge in [0, 0.05) is 12.3 Å². The Hall–Kier alpha value is -1.43. The number of carbonyl (C=O) groups excluding carboxylic acids is 1. The molecule has 0 radical (unpaired) electrons. The van der Waals surface area contributed by atoms with Crippen LogP contribution in [0.2, 0.25) is 0 Å². The minimum atomic E-state index is -1.74. The summed E-state index contributed by atoms with van der Waals surface area (Å²) in [5.41, 5.74) is 1.02. The van der Waals surface area contributed by atoms with Gasteiger partial charge in [0.15, 0.2) is 5.79 Å². The molecule has 4 N–H and O–H groups in total. The first-order chi connectivity index (χ1) is 11.8. The van der Waals surface area contributed by atoms with Crippen molar-refractivity contribution in [2.45, 2.75) is 77.2 Å². The maximum Gasteiger partial charge on any atom is 0.223 e. The minimum Gasteiger partial charge on any atom is -0.393 e. The van der Waals surface area contributed by atoms with Gasteiger partial charge in [-0.1, -0.05) is 44.2 Å². The van der Waals surface area contributed by atoms with E-state index in [1.165, 1.54) is 0 Å². The predicted molar refractivity (Wildman–Crippen MR) is 98.7 cm³/mol. The van der Waals surface area contributed by atoms with E-state index in [4.69, 9.17) is 0 Å². The van der Waals surface area contributed by atoms with Crippen molar-refractivity contribution in [3.05, 3.63) is 35.9 Å². The van der Waals surface area contributed by atoms with Crippen molar-refractivity contribution in [3.63, 3.8) is 0 Å². The molecular weight excluding hydrogens is 318 g/mol. The Bertz CT molecular complexity index is 504. The standard InChI is InChI=1S/C20H33NO4/c1-4-18(22)12-11-17(13-14-20(24,25)5-2)19(23)21-15(3)16-9-7-6-8-10-16/h6-10,15,17-18,22,24-25H,4-5,11-14H2,1-3H3,(H,21,23). The third-order valence-electron chi connectivity index (χ3n) is 4.81. The Balaban J connectivity index is 2.69. The van der Waals surface area contributed by atoms with E-state index in [1.54, 1.807) is 6.92 Å². The molecule has 0 saturated heterocycles. The van der Waals surface area contributed by atoms with E-state index in [9.17, 15) is 20.1 Å². The summed E-state index contributed by atoms with van der Waals surface area (Å²) in [6, 6.07) is 9.60. The van der Waals surface area contributed by atoms with Crippen LogP contribution in [0.4, 0.5) is 0 Å². The molecule has 142 valence electrons. The Morgan fingerprint density at radius 3 is 2.32 bits per heavy atom. The third kappa shape index (κ3) is 7.99. The first kappa shape index (κ1) is 21.6. The van der Waals surface area contributed by atoms with E-state index in [-0.39, 0.29) is 30.7 Å².